The van der Waals surface area contributed by atoms with E-state index in [2.05, 4.69) is 5.32 Å². The lowest BCUT2D eigenvalue weighted by atomic mass is 10.1. The van der Waals surface area contributed by atoms with Gasteiger partial charge < -0.3 is 15.5 Å². The largest absolute Gasteiger partial charge is 0.395 e. The summed E-state index contributed by atoms with van der Waals surface area (Å²) in [4.78, 5) is 0.582. The Morgan fingerprint density at radius 1 is 0.771 bits per heavy atom. The van der Waals surface area contributed by atoms with Crippen molar-refractivity contribution in [3.63, 3.8) is 0 Å². The fourth-order valence-corrected chi connectivity index (χ4v) is 6.84. The van der Waals surface area contributed by atoms with Crippen molar-refractivity contribution in [2.24, 2.45) is 0 Å². The second-order valence-corrected chi connectivity index (χ2v) is 12.8. The van der Waals surface area contributed by atoms with Gasteiger partial charge in [-0.2, -0.15) is 4.31 Å². The molecule has 0 bridgehead atoms. The lowest BCUT2D eigenvalue weighted by Gasteiger charge is -2.19. The first-order valence-corrected chi connectivity index (χ1v) is 14.7. The monoisotopic (exact) mass is 550 g/mol. The molecule has 0 aliphatic carbocycles. The summed E-state index contributed by atoms with van der Waals surface area (Å²) in [5.41, 5.74) is 4.97. The Hall–Kier alpha value is -1.53. The first-order valence-electron chi connectivity index (χ1n) is 11.0. The minimum absolute atomic E-state index is 0.106. The quantitative estimate of drug-likeness (QED) is 0.453. The maximum Gasteiger partial charge on any atom is 0.261 e. The summed E-state index contributed by atoms with van der Waals surface area (Å²) in [6.07, 6.45) is 0. The lowest BCUT2D eigenvalue weighted by molar-refractivity contribution is 0.266. The molecule has 0 heterocycles. The summed E-state index contributed by atoms with van der Waals surface area (Å²) in [6, 6.07) is 7.32. The summed E-state index contributed by atoms with van der Waals surface area (Å²) >= 11 is 0. The molecule has 0 aromatic heterocycles. The Balaban J connectivity index is 0.000000567. The van der Waals surface area contributed by atoms with Crippen LogP contribution in [0.5, 0.6) is 0 Å². The molecule has 8 nitrogen and oxygen atoms in total. The highest BCUT2D eigenvalue weighted by molar-refractivity contribution is 8.13. The molecule has 3 N–H and O–H groups in total. The fourth-order valence-electron chi connectivity index (χ4n) is 3.65. The lowest BCUT2D eigenvalue weighted by Crippen LogP contribution is -2.30. The highest BCUT2D eigenvalue weighted by Gasteiger charge is 2.24. The van der Waals surface area contributed by atoms with Gasteiger partial charge in [-0.3, -0.25) is 0 Å². The number of nitrogens with zero attached hydrogens (tertiary/aromatic N) is 1. The number of aryl methyl sites for hydroxylation is 6. The molecule has 2 aromatic rings. The number of hydrogen-bond acceptors (Lipinski definition) is 7. The van der Waals surface area contributed by atoms with Gasteiger partial charge in [0.05, 0.1) is 23.0 Å². The van der Waals surface area contributed by atoms with Gasteiger partial charge in [-0.15, -0.1) is 0 Å². The number of hydrogen-bond donors (Lipinski definition) is 3. The Kier molecular flexibility index (Phi) is 14.2. The fraction of sp³-hybridized carbons (Fsp3) is 0.500. The third kappa shape index (κ3) is 10.5. The van der Waals surface area contributed by atoms with E-state index in [0.29, 0.717) is 22.6 Å². The van der Waals surface area contributed by atoms with Crippen LogP contribution in [0.15, 0.2) is 34.1 Å². The summed E-state index contributed by atoms with van der Waals surface area (Å²) in [5.74, 6) is 0. The second-order valence-electron chi connectivity index (χ2n) is 8.27. The summed E-state index contributed by atoms with van der Waals surface area (Å²) in [6.45, 7) is 11.8. The summed E-state index contributed by atoms with van der Waals surface area (Å²) in [5, 5.41) is 19.6. The van der Waals surface area contributed by atoms with Gasteiger partial charge in [-0.25, -0.2) is 16.8 Å². The van der Waals surface area contributed by atoms with E-state index < -0.39 is 19.1 Å². The molecule has 0 spiro atoms. The van der Waals surface area contributed by atoms with E-state index in [-0.39, 0.29) is 24.7 Å². The van der Waals surface area contributed by atoms with Gasteiger partial charge in [0.1, 0.15) is 0 Å². The number of benzene rings is 2. The smallest absolute Gasteiger partial charge is 0.261 e. The minimum atomic E-state index is -3.61. The molecule has 0 saturated carbocycles. The Labute approximate surface area is 215 Å². The molecule has 0 amide bonds. The van der Waals surface area contributed by atoms with Gasteiger partial charge in [0, 0.05) is 30.8 Å². The number of aliphatic hydroxyl groups is 2. The normalized spacial score (nSPS) is 11.4. The van der Waals surface area contributed by atoms with E-state index in [0.717, 1.165) is 22.3 Å². The van der Waals surface area contributed by atoms with E-state index >= 15 is 0 Å². The number of aliphatic hydroxyl groups excluding tert-OH is 2. The molecule has 2 aromatic carbocycles. The Bertz CT molecular complexity index is 1130. The molecule has 11 heteroatoms. The number of rotatable bonds is 7. The first-order chi connectivity index (χ1) is 16.0. The Morgan fingerprint density at radius 2 is 1.14 bits per heavy atom. The van der Waals surface area contributed by atoms with E-state index in [1.165, 1.54) is 11.4 Å². The molecule has 35 heavy (non-hydrogen) atoms. The highest BCUT2D eigenvalue weighted by Crippen LogP contribution is 2.25. The van der Waals surface area contributed by atoms with Gasteiger partial charge in [-0.05, 0) is 70.8 Å². The SMILES string of the molecule is CNCCO.Cc1cc(C)c(S(=O)(=O)Cl)c(C)c1.Cc1cc(C)c(S(=O)(=O)N(C)CCO)c(C)c1. The van der Waals surface area contributed by atoms with Crippen LogP contribution < -0.4 is 5.32 Å². The van der Waals surface area contributed by atoms with Crippen molar-refractivity contribution in [2.45, 2.75) is 51.3 Å². The van der Waals surface area contributed by atoms with Crippen molar-refractivity contribution in [1.82, 2.24) is 9.62 Å². The zero-order chi connectivity index (χ0) is 27.6. The zero-order valence-corrected chi connectivity index (χ0v) is 24.2. The standard InChI is InChI=1S/C12H19NO3S.C9H11ClO2S.C3H9NO/c1-9-7-10(2)12(11(3)8-9)17(15,16)13(4)5-6-14;1-6-4-7(2)9(8(3)5-6)13(10,11)12;1-4-2-3-5/h7-8,14H,5-6H2,1-4H3;4-5H,1-3H3;4-5H,2-3H2,1H3. The van der Waals surface area contributed by atoms with Gasteiger partial charge in [0.2, 0.25) is 10.0 Å². The van der Waals surface area contributed by atoms with Gasteiger partial charge in [0.25, 0.3) is 9.05 Å². The van der Waals surface area contributed by atoms with Gasteiger partial charge in [0.15, 0.2) is 0 Å². The van der Waals surface area contributed by atoms with Crippen molar-refractivity contribution >= 4 is 29.8 Å². The van der Waals surface area contributed by atoms with Crippen LogP contribution in [0.25, 0.3) is 0 Å². The van der Waals surface area contributed by atoms with Crippen molar-refractivity contribution in [1.29, 1.82) is 0 Å². The molecule has 0 aliphatic rings. The van der Waals surface area contributed by atoms with Gasteiger partial charge >= 0.3 is 0 Å². The average Bonchev–Trinajstić information content (AvgIpc) is 2.66. The predicted octanol–water partition coefficient (Wildman–Crippen LogP) is 2.96. The summed E-state index contributed by atoms with van der Waals surface area (Å²) < 4.78 is 48.1. The second kappa shape index (κ2) is 14.9. The molecule has 0 aliphatic heterocycles. The number of likely N-dealkylation sites (N-methyl/N-ethyl adjacent to an activating group) is 2. The van der Waals surface area contributed by atoms with Crippen molar-refractivity contribution in [3.8, 4) is 0 Å². The van der Waals surface area contributed by atoms with Gasteiger partial charge in [-0.1, -0.05) is 35.4 Å². The summed E-state index contributed by atoms with van der Waals surface area (Å²) in [7, 11) is 1.46. The Morgan fingerprint density at radius 3 is 1.40 bits per heavy atom. The highest BCUT2D eigenvalue weighted by atomic mass is 35.7. The topological polar surface area (TPSA) is 124 Å². The first kappa shape index (κ1) is 33.5. The maximum absolute atomic E-state index is 12.3. The molecule has 0 atom stereocenters. The van der Waals surface area contributed by atoms with Crippen LogP contribution in [-0.4, -0.2) is 71.8 Å². The molecule has 2 rings (SSSR count). The minimum Gasteiger partial charge on any atom is -0.395 e. The molecule has 0 fully saturated rings. The third-order valence-electron chi connectivity index (χ3n) is 4.90. The molecular formula is C24H39ClN2O6S2. The van der Waals surface area contributed by atoms with Crippen molar-refractivity contribution in [2.75, 3.05) is 40.4 Å². The van der Waals surface area contributed by atoms with Crippen molar-refractivity contribution < 1.29 is 27.0 Å². The van der Waals surface area contributed by atoms with Crippen LogP contribution >= 0.6 is 10.7 Å². The maximum atomic E-state index is 12.3. The number of nitrogens with one attached hydrogen (secondary N) is 1. The van der Waals surface area contributed by atoms with Crippen LogP contribution in [-0.2, 0) is 19.1 Å². The molecule has 200 valence electrons. The van der Waals surface area contributed by atoms with Crippen LogP contribution in [0.2, 0.25) is 0 Å². The molecular weight excluding hydrogens is 512 g/mol. The third-order valence-corrected chi connectivity index (χ3v) is 8.66. The van der Waals surface area contributed by atoms with Crippen LogP contribution in [0.1, 0.15) is 33.4 Å². The van der Waals surface area contributed by atoms with E-state index in [1.54, 1.807) is 34.7 Å². The van der Waals surface area contributed by atoms with E-state index in [4.69, 9.17) is 20.9 Å². The van der Waals surface area contributed by atoms with E-state index in [9.17, 15) is 16.8 Å². The molecule has 0 unspecified atom stereocenters. The molecule has 0 radical (unpaired) electrons. The molecule has 0 saturated heterocycles. The number of halogens is 1. The van der Waals surface area contributed by atoms with Crippen LogP contribution in [0.3, 0.4) is 0 Å². The predicted molar refractivity (Wildman–Crippen MR) is 142 cm³/mol. The van der Waals surface area contributed by atoms with Crippen LogP contribution in [0, 0.1) is 41.5 Å². The average molecular weight is 551 g/mol. The van der Waals surface area contributed by atoms with E-state index in [1.807, 2.05) is 38.1 Å². The van der Waals surface area contributed by atoms with Crippen LogP contribution in [0.4, 0.5) is 0 Å². The van der Waals surface area contributed by atoms with Crippen molar-refractivity contribution in [3.05, 3.63) is 57.6 Å². The number of sulfonamides is 1. The zero-order valence-electron chi connectivity index (χ0n) is 21.8.